The summed E-state index contributed by atoms with van der Waals surface area (Å²) in [6.07, 6.45) is 0.575. The minimum absolute atomic E-state index is 0.197. The van der Waals surface area contributed by atoms with Crippen LogP contribution in [0.2, 0.25) is 0 Å². The summed E-state index contributed by atoms with van der Waals surface area (Å²) >= 11 is 0. The van der Waals surface area contributed by atoms with Gasteiger partial charge in [-0.05, 0) is 35.4 Å². The molecule has 1 aromatic heterocycles. The maximum atomic E-state index is 11.8. The fraction of sp³-hybridized carbons (Fsp3) is 0.182. The van der Waals surface area contributed by atoms with Crippen LogP contribution >= 0.6 is 0 Å². The molecule has 0 saturated heterocycles. The van der Waals surface area contributed by atoms with Gasteiger partial charge in [-0.25, -0.2) is 4.79 Å². The fourth-order valence-electron chi connectivity index (χ4n) is 2.76. The zero-order chi connectivity index (χ0) is 20.1. The summed E-state index contributed by atoms with van der Waals surface area (Å²) in [4.78, 5) is 23.3. The summed E-state index contributed by atoms with van der Waals surface area (Å²) in [5.74, 6) is 0.0114. The Kier molecular flexibility index (Phi) is 5.79. The first-order valence-corrected chi connectivity index (χ1v) is 8.89. The summed E-state index contributed by atoms with van der Waals surface area (Å²) in [5, 5.41) is 13.0. The second-order valence-corrected chi connectivity index (χ2v) is 6.20. The van der Waals surface area contributed by atoms with Crippen molar-refractivity contribution in [2.24, 2.45) is 0 Å². The largest absolute Gasteiger partial charge is 0.502 e. The number of anilines is 1. The molecule has 0 saturated carbocycles. The Labute approximate surface area is 162 Å². The molecular weight excluding hydrogens is 358 g/mol. The van der Waals surface area contributed by atoms with Gasteiger partial charge in [-0.2, -0.15) is 0 Å². The minimum Gasteiger partial charge on any atom is -0.502 e. The van der Waals surface area contributed by atoms with Crippen LogP contribution in [-0.4, -0.2) is 18.2 Å². The van der Waals surface area contributed by atoms with E-state index in [9.17, 15) is 14.7 Å². The van der Waals surface area contributed by atoms with Crippen molar-refractivity contribution in [3.05, 3.63) is 81.9 Å². The van der Waals surface area contributed by atoms with Gasteiger partial charge in [-0.15, -0.1) is 0 Å². The van der Waals surface area contributed by atoms with E-state index in [1.165, 1.54) is 13.2 Å². The highest BCUT2D eigenvalue weighted by atomic mass is 16.5. The molecule has 144 valence electrons. The summed E-state index contributed by atoms with van der Waals surface area (Å²) in [5.41, 5.74) is 2.84. The number of benzene rings is 2. The quantitative estimate of drug-likeness (QED) is 0.630. The number of ether oxygens (including phenoxy) is 1. The van der Waals surface area contributed by atoms with Crippen molar-refractivity contribution in [3.63, 3.8) is 0 Å². The zero-order valence-electron chi connectivity index (χ0n) is 15.7. The highest BCUT2D eigenvalue weighted by Crippen LogP contribution is 2.23. The van der Waals surface area contributed by atoms with Gasteiger partial charge in [-0.1, -0.05) is 31.2 Å². The summed E-state index contributed by atoms with van der Waals surface area (Å²) in [6, 6.07) is 16.1. The van der Waals surface area contributed by atoms with Crippen LogP contribution in [0.3, 0.4) is 0 Å². The number of carbonyl (C=O) groups excluding carboxylic acids is 1. The van der Waals surface area contributed by atoms with E-state index >= 15 is 0 Å². The maximum Gasteiger partial charge on any atom is 0.337 e. The van der Waals surface area contributed by atoms with E-state index in [0.29, 0.717) is 17.7 Å². The number of methoxy groups -OCH3 is 1. The highest BCUT2D eigenvalue weighted by Gasteiger charge is 2.10. The molecule has 1 heterocycles. The molecule has 0 amide bonds. The van der Waals surface area contributed by atoms with Gasteiger partial charge < -0.3 is 19.6 Å². The number of aryl methyl sites for hydroxylation is 1. The van der Waals surface area contributed by atoms with Crippen LogP contribution in [-0.2, 0) is 17.7 Å². The third kappa shape index (κ3) is 4.23. The second-order valence-electron chi connectivity index (χ2n) is 6.20. The first kappa shape index (κ1) is 19.2. The van der Waals surface area contributed by atoms with Crippen molar-refractivity contribution in [3.8, 4) is 16.9 Å². The van der Waals surface area contributed by atoms with E-state index in [-0.39, 0.29) is 24.0 Å². The number of nitrogens with one attached hydrogen (secondary N) is 1. The number of hydrogen-bond donors (Lipinski definition) is 2. The lowest BCUT2D eigenvalue weighted by Gasteiger charge is -2.09. The van der Waals surface area contributed by atoms with Gasteiger partial charge in [0.15, 0.2) is 5.76 Å². The van der Waals surface area contributed by atoms with E-state index in [2.05, 4.69) is 5.32 Å². The molecule has 0 aliphatic carbocycles. The molecule has 0 aliphatic heterocycles. The number of rotatable bonds is 6. The topological polar surface area (TPSA) is 88.8 Å². The molecule has 0 fully saturated rings. The molecule has 3 rings (SSSR count). The van der Waals surface area contributed by atoms with Crippen LogP contribution in [0.15, 0.2) is 63.8 Å². The monoisotopic (exact) mass is 379 g/mol. The average Bonchev–Trinajstić information content (AvgIpc) is 2.74. The minimum atomic E-state index is -0.439. The normalized spacial score (nSPS) is 10.5. The number of hydrogen-bond acceptors (Lipinski definition) is 6. The van der Waals surface area contributed by atoms with E-state index < -0.39 is 5.43 Å². The standard InChI is InChI=1S/C22H21NO5/c1-3-18-12-19(24)21(25)20(28-18)13-23-17-10-8-15(9-11-17)14-4-6-16(7-5-14)22(26)27-2/h4-12,23,25H,3,13H2,1-2H3. The molecule has 2 aromatic carbocycles. The van der Waals surface area contributed by atoms with Crippen LogP contribution in [0, 0.1) is 0 Å². The molecule has 0 aliphatic rings. The van der Waals surface area contributed by atoms with Crippen LogP contribution in [0.1, 0.15) is 28.8 Å². The van der Waals surface area contributed by atoms with Crippen LogP contribution < -0.4 is 10.7 Å². The van der Waals surface area contributed by atoms with Crippen LogP contribution in [0.4, 0.5) is 5.69 Å². The van der Waals surface area contributed by atoms with Crippen molar-refractivity contribution < 1.29 is 19.1 Å². The predicted octanol–water partition coefficient (Wildman–Crippen LogP) is 3.97. The third-order valence-corrected chi connectivity index (χ3v) is 4.37. The first-order valence-electron chi connectivity index (χ1n) is 8.89. The Hall–Kier alpha value is -3.54. The van der Waals surface area contributed by atoms with Crippen molar-refractivity contribution in [1.29, 1.82) is 0 Å². The number of carbonyl (C=O) groups is 1. The SMILES string of the molecule is CCc1cc(=O)c(O)c(CNc2ccc(-c3ccc(C(=O)OC)cc3)cc2)o1. The van der Waals surface area contributed by atoms with E-state index in [1.54, 1.807) is 12.1 Å². The zero-order valence-corrected chi connectivity index (χ0v) is 15.7. The Morgan fingerprint density at radius 3 is 2.25 bits per heavy atom. The lowest BCUT2D eigenvalue weighted by atomic mass is 10.0. The smallest absolute Gasteiger partial charge is 0.337 e. The molecule has 28 heavy (non-hydrogen) atoms. The maximum absolute atomic E-state index is 11.8. The van der Waals surface area contributed by atoms with Crippen molar-refractivity contribution in [2.75, 3.05) is 12.4 Å². The van der Waals surface area contributed by atoms with E-state index in [0.717, 1.165) is 16.8 Å². The fourth-order valence-corrected chi connectivity index (χ4v) is 2.76. The van der Waals surface area contributed by atoms with E-state index in [4.69, 9.17) is 9.15 Å². The number of esters is 1. The molecule has 0 unspecified atom stereocenters. The van der Waals surface area contributed by atoms with Crippen molar-refractivity contribution in [2.45, 2.75) is 19.9 Å². The van der Waals surface area contributed by atoms with Crippen LogP contribution in [0.25, 0.3) is 11.1 Å². The summed E-state index contributed by atoms with van der Waals surface area (Å²) < 4.78 is 10.2. The lowest BCUT2D eigenvalue weighted by molar-refractivity contribution is 0.0600. The van der Waals surface area contributed by atoms with Crippen molar-refractivity contribution >= 4 is 11.7 Å². The Morgan fingerprint density at radius 2 is 1.68 bits per heavy atom. The average molecular weight is 379 g/mol. The number of aromatic hydroxyl groups is 1. The Morgan fingerprint density at radius 1 is 1.07 bits per heavy atom. The molecule has 6 nitrogen and oxygen atoms in total. The molecule has 3 aromatic rings. The molecule has 6 heteroatoms. The summed E-state index contributed by atoms with van der Waals surface area (Å²) in [7, 11) is 1.35. The Balaban J connectivity index is 1.71. The van der Waals surface area contributed by atoms with E-state index in [1.807, 2.05) is 43.3 Å². The van der Waals surface area contributed by atoms with Crippen LogP contribution in [0.5, 0.6) is 5.75 Å². The lowest BCUT2D eigenvalue weighted by Crippen LogP contribution is -2.08. The van der Waals surface area contributed by atoms with Gasteiger partial charge in [0.2, 0.25) is 11.2 Å². The molecular formula is C22H21NO5. The molecule has 0 radical (unpaired) electrons. The van der Waals surface area contributed by atoms with Gasteiger partial charge in [0.1, 0.15) is 5.76 Å². The third-order valence-electron chi connectivity index (χ3n) is 4.37. The summed E-state index contributed by atoms with van der Waals surface area (Å²) in [6.45, 7) is 2.07. The van der Waals surface area contributed by atoms with Gasteiger partial charge in [0.25, 0.3) is 0 Å². The first-order chi connectivity index (χ1) is 13.5. The van der Waals surface area contributed by atoms with Gasteiger partial charge >= 0.3 is 5.97 Å². The predicted molar refractivity (Wildman–Crippen MR) is 107 cm³/mol. The molecule has 0 atom stereocenters. The van der Waals surface area contributed by atoms with Gasteiger partial charge in [0.05, 0.1) is 19.2 Å². The molecule has 2 N–H and O–H groups in total. The second kappa shape index (κ2) is 8.43. The Bertz CT molecular complexity index is 1020. The highest BCUT2D eigenvalue weighted by molar-refractivity contribution is 5.90. The molecule has 0 spiro atoms. The van der Waals surface area contributed by atoms with Gasteiger partial charge in [0, 0.05) is 18.2 Å². The van der Waals surface area contributed by atoms with Gasteiger partial charge in [-0.3, -0.25) is 4.79 Å². The van der Waals surface area contributed by atoms with Crippen molar-refractivity contribution in [1.82, 2.24) is 0 Å². The molecule has 0 bridgehead atoms.